The molecule has 116 valence electrons. The van der Waals surface area contributed by atoms with Gasteiger partial charge in [0.15, 0.2) is 5.57 Å². The fourth-order valence-electron chi connectivity index (χ4n) is 1.58. The molecule has 0 unspecified atom stereocenters. The number of benzene rings is 1. The molecule has 0 spiro atoms. The zero-order valence-corrected chi connectivity index (χ0v) is 13.0. The molecule has 0 heterocycles. The number of methoxy groups -OCH3 is 1. The van der Waals surface area contributed by atoms with Crippen molar-refractivity contribution in [3.63, 3.8) is 0 Å². The lowest BCUT2D eigenvalue weighted by molar-refractivity contribution is -0.118. The molecule has 0 aliphatic heterocycles. The van der Waals surface area contributed by atoms with Crippen LogP contribution in [0, 0.1) is 39.9 Å². The van der Waals surface area contributed by atoms with Crippen molar-refractivity contribution in [1.29, 1.82) is 15.8 Å². The van der Waals surface area contributed by atoms with Crippen LogP contribution in [0.25, 0.3) is 0 Å². The second-order valence-corrected chi connectivity index (χ2v) is 4.77. The number of hydrogen-bond donors (Lipinski definition) is 2. The van der Waals surface area contributed by atoms with Gasteiger partial charge < -0.3 is 15.4 Å². The highest BCUT2D eigenvalue weighted by atomic mass is 16.5. The minimum atomic E-state index is -0.316. The van der Waals surface area contributed by atoms with Crippen LogP contribution in [-0.4, -0.2) is 13.0 Å². The second-order valence-electron chi connectivity index (χ2n) is 4.77. The number of allylic oxidation sites excluding steroid dienone is 2. The van der Waals surface area contributed by atoms with Gasteiger partial charge in [-0.2, -0.15) is 15.8 Å². The Morgan fingerprint density at radius 2 is 1.78 bits per heavy atom. The van der Waals surface area contributed by atoms with Gasteiger partial charge in [-0.05, 0) is 12.1 Å². The van der Waals surface area contributed by atoms with Crippen LogP contribution < -0.4 is 15.4 Å². The molecule has 7 heteroatoms. The van der Waals surface area contributed by atoms with Crippen LogP contribution in [0.2, 0.25) is 0 Å². The van der Waals surface area contributed by atoms with Gasteiger partial charge in [-0.25, -0.2) is 0 Å². The normalized spacial score (nSPS) is 9.09. The Morgan fingerprint density at radius 3 is 2.26 bits per heavy atom. The van der Waals surface area contributed by atoms with Gasteiger partial charge in [0.25, 0.3) is 0 Å². The monoisotopic (exact) mass is 309 g/mol. The average Bonchev–Trinajstić information content (AvgIpc) is 2.55. The van der Waals surface area contributed by atoms with Gasteiger partial charge in [0.1, 0.15) is 29.7 Å². The lowest BCUT2D eigenvalue weighted by Gasteiger charge is -2.13. The van der Waals surface area contributed by atoms with Crippen LogP contribution in [0.15, 0.2) is 29.5 Å². The standard InChI is InChI=1S/C16H15N5O2/c1-10(2)16(22)21-13-5-4-12(6-15(13)23-3)20-14(9-19)11(7-17)8-18/h4-6,10,20H,1-3H3,(H,21,22). The summed E-state index contributed by atoms with van der Waals surface area (Å²) in [5, 5.41) is 32.1. The highest BCUT2D eigenvalue weighted by Crippen LogP contribution is 2.29. The van der Waals surface area contributed by atoms with E-state index in [1.165, 1.54) is 7.11 Å². The molecule has 23 heavy (non-hydrogen) atoms. The van der Waals surface area contributed by atoms with Crippen LogP contribution in [0.1, 0.15) is 13.8 Å². The van der Waals surface area contributed by atoms with E-state index in [9.17, 15) is 4.79 Å². The Labute approximate surface area is 134 Å². The first-order chi connectivity index (χ1) is 11.0. The summed E-state index contributed by atoms with van der Waals surface area (Å²) < 4.78 is 5.21. The Kier molecular flexibility index (Phi) is 6.16. The summed E-state index contributed by atoms with van der Waals surface area (Å²) in [6.07, 6.45) is 0. The number of anilines is 2. The van der Waals surface area contributed by atoms with E-state index in [1.807, 2.05) is 0 Å². The topological polar surface area (TPSA) is 122 Å². The third-order valence-electron chi connectivity index (χ3n) is 2.84. The van der Waals surface area contributed by atoms with Gasteiger partial charge in [0.05, 0.1) is 12.8 Å². The molecule has 1 aromatic rings. The molecule has 1 amide bonds. The first-order valence-electron chi connectivity index (χ1n) is 6.67. The Bertz CT molecular complexity index is 744. The maximum atomic E-state index is 11.8. The first-order valence-corrected chi connectivity index (χ1v) is 6.67. The van der Waals surface area contributed by atoms with Crippen molar-refractivity contribution in [3.05, 3.63) is 29.5 Å². The minimum Gasteiger partial charge on any atom is -0.494 e. The van der Waals surface area contributed by atoms with Crippen molar-refractivity contribution in [3.8, 4) is 24.0 Å². The van der Waals surface area contributed by atoms with Crippen molar-refractivity contribution < 1.29 is 9.53 Å². The number of nitrogens with zero attached hydrogens (tertiary/aromatic N) is 3. The lowest BCUT2D eigenvalue weighted by atomic mass is 10.2. The van der Waals surface area contributed by atoms with E-state index in [0.717, 1.165) is 0 Å². The summed E-state index contributed by atoms with van der Waals surface area (Å²) in [6.45, 7) is 3.54. The molecule has 1 rings (SSSR count). The fraction of sp³-hybridized carbons (Fsp3) is 0.250. The summed E-state index contributed by atoms with van der Waals surface area (Å²) in [5.74, 6) is 0.0501. The van der Waals surface area contributed by atoms with Gasteiger partial charge >= 0.3 is 0 Å². The molecular weight excluding hydrogens is 294 g/mol. The van der Waals surface area contributed by atoms with Crippen LogP contribution in [-0.2, 0) is 4.79 Å². The molecule has 0 saturated heterocycles. The van der Waals surface area contributed by atoms with E-state index in [2.05, 4.69) is 10.6 Å². The third kappa shape index (κ3) is 4.49. The van der Waals surface area contributed by atoms with Crippen molar-refractivity contribution in [2.24, 2.45) is 5.92 Å². The largest absolute Gasteiger partial charge is 0.494 e. The first kappa shape index (κ1) is 17.6. The predicted molar refractivity (Wildman–Crippen MR) is 83.9 cm³/mol. The molecule has 0 atom stereocenters. The highest BCUT2D eigenvalue weighted by Gasteiger charge is 2.12. The zero-order chi connectivity index (χ0) is 17.4. The molecule has 1 aromatic carbocycles. The van der Waals surface area contributed by atoms with E-state index in [-0.39, 0.29) is 23.1 Å². The molecule has 0 fully saturated rings. The van der Waals surface area contributed by atoms with Gasteiger partial charge in [-0.3, -0.25) is 4.79 Å². The summed E-state index contributed by atoms with van der Waals surface area (Å²) in [6, 6.07) is 9.82. The van der Waals surface area contributed by atoms with E-state index < -0.39 is 0 Å². The van der Waals surface area contributed by atoms with Gasteiger partial charge in [-0.1, -0.05) is 13.8 Å². The van der Waals surface area contributed by atoms with Crippen LogP contribution in [0.4, 0.5) is 11.4 Å². The number of nitrogens with one attached hydrogen (secondary N) is 2. The third-order valence-corrected chi connectivity index (χ3v) is 2.84. The van der Waals surface area contributed by atoms with Crippen molar-refractivity contribution >= 4 is 17.3 Å². The second kappa shape index (κ2) is 8.07. The molecule has 0 aliphatic rings. The quantitative estimate of drug-likeness (QED) is 0.806. The Balaban J connectivity index is 3.13. The maximum Gasteiger partial charge on any atom is 0.227 e. The highest BCUT2D eigenvalue weighted by molar-refractivity contribution is 5.93. The number of hydrogen-bond acceptors (Lipinski definition) is 6. The van der Waals surface area contributed by atoms with Gasteiger partial charge in [0, 0.05) is 17.7 Å². The maximum absolute atomic E-state index is 11.8. The number of carbonyl (C=O) groups excluding carboxylic acids is 1. The fourth-order valence-corrected chi connectivity index (χ4v) is 1.58. The summed E-state index contributed by atoms with van der Waals surface area (Å²) in [7, 11) is 1.45. The van der Waals surface area contributed by atoms with Crippen molar-refractivity contribution in [1.82, 2.24) is 0 Å². The molecule has 2 N–H and O–H groups in total. The van der Waals surface area contributed by atoms with Crippen molar-refractivity contribution in [2.75, 3.05) is 17.7 Å². The van der Waals surface area contributed by atoms with Gasteiger partial charge in [0.2, 0.25) is 5.91 Å². The predicted octanol–water partition coefficient (Wildman–Crippen LogP) is 2.53. The molecule has 0 aromatic heterocycles. The van der Waals surface area contributed by atoms with E-state index in [4.69, 9.17) is 20.5 Å². The molecule has 0 radical (unpaired) electrons. The average molecular weight is 309 g/mol. The number of nitriles is 3. The van der Waals surface area contributed by atoms with E-state index in [1.54, 1.807) is 50.3 Å². The molecule has 7 nitrogen and oxygen atoms in total. The van der Waals surface area contributed by atoms with E-state index in [0.29, 0.717) is 17.1 Å². The lowest BCUT2D eigenvalue weighted by Crippen LogP contribution is -2.18. The van der Waals surface area contributed by atoms with E-state index >= 15 is 0 Å². The molecule has 0 saturated carbocycles. The molecule has 0 aliphatic carbocycles. The summed E-state index contributed by atoms with van der Waals surface area (Å²) in [5.41, 5.74) is 0.462. The number of amides is 1. The smallest absolute Gasteiger partial charge is 0.227 e. The number of ether oxygens (including phenoxy) is 1. The van der Waals surface area contributed by atoms with Crippen LogP contribution in [0.3, 0.4) is 0 Å². The molecular formula is C16H15N5O2. The van der Waals surface area contributed by atoms with Crippen molar-refractivity contribution in [2.45, 2.75) is 13.8 Å². The SMILES string of the molecule is COc1cc(NC(C#N)=C(C#N)C#N)ccc1NC(=O)C(C)C. The number of rotatable bonds is 5. The van der Waals surface area contributed by atoms with Crippen LogP contribution >= 0.6 is 0 Å². The summed E-state index contributed by atoms with van der Waals surface area (Å²) in [4.78, 5) is 11.8. The summed E-state index contributed by atoms with van der Waals surface area (Å²) >= 11 is 0. The minimum absolute atomic E-state index is 0.155. The number of carbonyl (C=O) groups is 1. The Hall–Kier alpha value is -3.50. The molecule has 0 bridgehead atoms. The van der Waals surface area contributed by atoms with Gasteiger partial charge in [-0.15, -0.1) is 0 Å². The Morgan fingerprint density at radius 1 is 1.13 bits per heavy atom. The zero-order valence-electron chi connectivity index (χ0n) is 13.0. The van der Waals surface area contributed by atoms with Crippen LogP contribution in [0.5, 0.6) is 5.75 Å².